The SMILES string of the molecule is CNCc1ccccc1NC(=O)c1sc(C)nc1C. The van der Waals surface area contributed by atoms with E-state index in [4.69, 9.17) is 0 Å². The number of carbonyl (C=O) groups is 1. The molecule has 2 rings (SSSR count). The Morgan fingerprint density at radius 2 is 2.05 bits per heavy atom. The Morgan fingerprint density at radius 3 is 2.68 bits per heavy atom. The number of hydrogen-bond donors (Lipinski definition) is 2. The maximum Gasteiger partial charge on any atom is 0.267 e. The third-order valence-electron chi connectivity index (χ3n) is 2.74. The van der Waals surface area contributed by atoms with Crippen molar-refractivity contribution in [3.8, 4) is 0 Å². The molecule has 1 aromatic heterocycles. The first-order chi connectivity index (χ1) is 9.11. The van der Waals surface area contributed by atoms with Crippen molar-refractivity contribution in [2.45, 2.75) is 20.4 Å². The number of carbonyl (C=O) groups excluding carboxylic acids is 1. The Balaban J connectivity index is 2.21. The predicted molar refractivity (Wildman–Crippen MR) is 78.7 cm³/mol. The molecule has 0 saturated carbocycles. The van der Waals surface area contributed by atoms with Gasteiger partial charge < -0.3 is 10.6 Å². The number of benzene rings is 1. The normalized spacial score (nSPS) is 10.5. The maximum atomic E-state index is 12.2. The van der Waals surface area contributed by atoms with E-state index in [-0.39, 0.29) is 5.91 Å². The fourth-order valence-electron chi connectivity index (χ4n) is 1.91. The van der Waals surface area contributed by atoms with E-state index in [0.29, 0.717) is 4.88 Å². The van der Waals surface area contributed by atoms with Crippen molar-refractivity contribution in [2.24, 2.45) is 0 Å². The van der Waals surface area contributed by atoms with Crippen LogP contribution >= 0.6 is 11.3 Å². The second-order valence-corrected chi connectivity index (χ2v) is 5.49. The van der Waals surface area contributed by atoms with E-state index >= 15 is 0 Å². The van der Waals surface area contributed by atoms with Gasteiger partial charge in [-0.2, -0.15) is 0 Å². The molecule has 0 atom stereocenters. The lowest BCUT2D eigenvalue weighted by molar-refractivity contribution is 0.102. The minimum Gasteiger partial charge on any atom is -0.321 e. The minimum absolute atomic E-state index is 0.0911. The molecular weight excluding hydrogens is 258 g/mol. The van der Waals surface area contributed by atoms with Crippen LogP contribution in [0.1, 0.15) is 25.9 Å². The summed E-state index contributed by atoms with van der Waals surface area (Å²) in [5, 5.41) is 6.96. The highest BCUT2D eigenvalue weighted by Gasteiger charge is 2.14. The Labute approximate surface area is 116 Å². The fraction of sp³-hybridized carbons (Fsp3) is 0.286. The van der Waals surface area contributed by atoms with E-state index < -0.39 is 0 Å². The minimum atomic E-state index is -0.0911. The van der Waals surface area contributed by atoms with Crippen molar-refractivity contribution < 1.29 is 4.79 Å². The van der Waals surface area contributed by atoms with Crippen LogP contribution in [-0.2, 0) is 6.54 Å². The van der Waals surface area contributed by atoms with Gasteiger partial charge in [-0.25, -0.2) is 4.98 Å². The van der Waals surface area contributed by atoms with Crippen LogP contribution in [0.2, 0.25) is 0 Å². The van der Waals surface area contributed by atoms with Gasteiger partial charge in [0.05, 0.1) is 10.7 Å². The third-order valence-corrected chi connectivity index (χ3v) is 3.81. The van der Waals surface area contributed by atoms with E-state index in [9.17, 15) is 4.79 Å². The second kappa shape index (κ2) is 5.95. The highest BCUT2D eigenvalue weighted by atomic mass is 32.1. The van der Waals surface area contributed by atoms with Crippen LogP contribution in [0.15, 0.2) is 24.3 Å². The van der Waals surface area contributed by atoms with Crippen LogP contribution in [-0.4, -0.2) is 17.9 Å². The van der Waals surface area contributed by atoms with E-state index in [1.54, 1.807) is 0 Å². The van der Waals surface area contributed by atoms with Gasteiger partial charge in [-0.3, -0.25) is 4.79 Å². The van der Waals surface area contributed by atoms with Gasteiger partial charge in [-0.05, 0) is 32.5 Å². The quantitative estimate of drug-likeness (QED) is 0.902. The molecule has 1 heterocycles. The van der Waals surface area contributed by atoms with E-state index in [0.717, 1.165) is 28.5 Å². The summed E-state index contributed by atoms with van der Waals surface area (Å²) in [6.45, 7) is 4.48. The number of rotatable bonds is 4. The van der Waals surface area contributed by atoms with Crippen LogP contribution in [0, 0.1) is 13.8 Å². The molecule has 19 heavy (non-hydrogen) atoms. The molecule has 1 aromatic carbocycles. The van der Waals surface area contributed by atoms with Crippen LogP contribution in [0.4, 0.5) is 5.69 Å². The molecular formula is C14H17N3OS. The monoisotopic (exact) mass is 275 g/mol. The number of nitrogens with one attached hydrogen (secondary N) is 2. The topological polar surface area (TPSA) is 54.0 Å². The van der Waals surface area contributed by atoms with E-state index in [2.05, 4.69) is 15.6 Å². The predicted octanol–water partition coefficient (Wildman–Crippen LogP) is 2.73. The van der Waals surface area contributed by atoms with Crippen molar-refractivity contribution in [3.63, 3.8) is 0 Å². The molecule has 1 amide bonds. The van der Waals surface area contributed by atoms with E-state index in [1.807, 2.05) is 45.2 Å². The van der Waals surface area contributed by atoms with Gasteiger partial charge in [0.25, 0.3) is 5.91 Å². The van der Waals surface area contributed by atoms with Gasteiger partial charge in [-0.15, -0.1) is 11.3 Å². The highest BCUT2D eigenvalue weighted by Crippen LogP contribution is 2.21. The standard InChI is InChI=1S/C14H17N3OS/c1-9-13(19-10(2)16-9)14(18)17-12-7-5-4-6-11(12)8-15-3/h4-7,15H,8H2,1-3H3,(H,17,18). The number of nitrogens with zero attached hydrogens (tertiary/aromatic N) is 1. The fourth-order valence-corrected chi connectivity index (χ4v) is 2.72. The van der Waals surface area contributed by atoms with Crippen LogP contribution < -0.4 is 10.6 Å². The molecule has 2 N–H and O–H groups in total. The summed E-state index contributed by atoms with van der Waals surface area (Å²) >= 11 is 1.42. The van der Waals surface area contributed by atoms with Crippen molar-refractivity contribution in [3.05, 3.63) is 45.4 Å². The highest BCUT2D eigenvalue weighted by molar-refractivity contribution is 7.13. The lowest BCUT2D eigenvalue weighted by Crippen LogP contribution is -2.15. The Bertz CT molecular complexity index is 592. The second-order valence-electron chi connectivity index (χ2n) is 4.29. The Morgan fingerprint density at radius 1 is 1.32 bits per heavy atom. The Hall–Kier alpha value is -1.72. The van der Waals surface area contributed by atoms with Crippen molar-refractivity contribution in [1.29, 1.82) is 0 Å². The lowest BCUT2D eigenvalue weighted by atomic mass is 10.1. The molecule has 5 heteroatoms. The number of aryl methyl sites for hydroxylation is 2. The van der Waals surface area contributed by atoms with Crippen LogP contribution in [0.3, 0.4) is 0 Å². The first kappa shape index (κ1) is 13.7. The van der Waals surface area contributed by atoms with Gasteiger partial charge in [-0.1, -0.05) is 18.2 Å². The average Bonchev–Trinajstić information content (AvgIpc) is 2.71. The number of thiazole rings is 1. The number of amides is 1. The molecule has 0 bridgehead atoms. The number of aromatic nitrogens is 1. The molecule has 100 valence electrons. The van der Waals surface area contributed by atoms with Crippen molar-refractivity contribution in [1.82, 2.24) is 10.3 Å². The first-order valence-electron chi connectivity index (χ1n) is 6.09. The van der Waals surface area contributed by atoms with Gasteiger partial charge in [0.1, 0.15) is 4.88 Å². The molecule has 0 unspecified atom stereocenters. The molecule has 0 fully saturated rings. The lowest BCUT2D eigenvalue weighted by Gasteiger charge is -2.10. The summed E-state index contributed by atoms with van der Waals surface area (Å²) in [6, 6.07) is 7.79. The summed E-state index contributed by atoms with van der Waals surface area (Å²) in [7, 11) is 1.88. The van der Waals surface area contributed by atoms with Crippen LogP contribution in [0.5, 0.6) is 0 Å². The van der Waals surface area contributed by atoms with Gasteiger partial charge in [0, 0.05) is 12.2 Å². The average molecular weight is 275 g/mol. The molecule has 0 aliphatic rings. The molecule has 0 saturated heterocycles. The zero-order chi connectivity index (χ0) is 13.8. The van der Waals surface area contributed by atoms with E-state index in [1.165, 1.54) is 11.3 Å². The number of hydrogen-bond acceptors (Lipinski definition) is 4. The number of para-hydroxylation sites is 1. The summed E-state index contributed by atoms with van der Waals surface area (Å²) < 4.78 is 0. The molecule has 2 aromatic rings. The Kier molecular flexibility index (Phi) is 4.29. The number of anilines is 1. The van der Waals surface area contributed by atoms with Gasteiger partial charge in [0.15, 0.2) is 0 Å². The molecule has 0 spiro atoms. The smallest absolute Gasteiger partial charge is 0.267 e. The van der Waals surface area contributed by atoms with Crippen molar-refractivity contribution in [2.75, 3.05) is 12.4 Å². The molecule has 4 nitrogen and oxygen atoms in total. The summed E-state index contributed by atoms with van der Waals surface area (Å²) in [5.41, 5.74) is 2.69. The zero-order valence-corrected chi connectivity index (χ0v) is 12.1. The molecule has 0 aliphatic heterocycles. The van der Waals surface area contributed by atoms with Crippen molar-refractivity contribution >= 4 is 22.9 Å². The molecule has 0 radical (unpaired) electrons. The summed E-state index contributed by atoms with van der Waals surface area (Å²) in [6.07, 6.45) is 0. The van der Waals surface area contributed by atoms with Gasteiger partial charge in [0.2, 0.25) is 0 Å². The van der Waals surface area contributed by atoms with Gasteiger partial charge >= 0.3 is 0 Å². The summed E-state index contributed by atoms with van der Waals surface area (Å²) in [5.74, 6) is -0.0911. The third kappa shape index (κ3) is 3.19. The first-order valence-corrected chi connectivity index (χ1v) is 6.91. The zero-order valence-electron chi connectivity index (χ0n) is 11.3. The molecule has 0 aliphatic carbocycles. The maximum absolute atomic E-state index is 12.2. The largest absolute Gasteiger partial charge is 0.321 e. The van der Waals surface area contributed by atoms with Crippen LogP contribution in [0.25, 0.3) is 0 Å². The summed E-state index contributed by atoms with van der Waals surface area (Å²) in [4.78, 5) is 17.2.